The first-order valence-corrected chi connectivity index (χ1v) is 9.92. The highest BCUT2D eigenvalue weighted by molar-refractivity contribution is 7.90. The SMILES string of the molecule is CN(CC1CCN(c2ncccc2C(F)(F)F)CC1)S(=O)(=O)C1CC1. The van der Waals surface area contributed by atoms with Crippen molar-refractivity contribution in [3.8, 4) is 0 Å². The highest BCUT2D eigenvalue weighted by atomic mass is 32.2. The van der Waals surface area contributed by atoms with Crippen LogP contribution in [0.4, 0.5) is 19.0 Å². The molecule has 1 aliphatic carbocycles. The smallest absolute Gasteiger partial charge is 0.356 e. The first-order chi connectivity index (χ1) is 11.7. The Morgan fingerprint density at radius 3 is 2.44 bits per heavy atom. The van der Waals surface area contributed by atoms with Crippen molar-refractivity contribution in [2.45, 2.75) is 37.1 Å². The number of sulfonamides is 1. The number of pyridine rings is 1. The van der Waals surface area contributed by atoms with Crippen LogP contribution in [0.15, 0.2) is 18.3 Å². The van der Waals surface area contributed by atoms with E-state index in [2.05, 4.69) is 4.98 Å². The van der Waals surface area contributed by atoms with Crippen LogP contribution in [-0.4, -0.2) is 49.6 Å². The zero-order chi connectivity index (χ0) is 18.2. The third-order valence-electron chi connectivity index (χ3n) is 4.90. The largest absolute Gasteiger partial charge is 0.419 e. The van der Waals surface area contributed by atoms with Gasteiger partial charge in [0.2, 0.25) is 10.0 Å². The number of aromatic nitrogens is 1. The van der Waals surface area contributed by atoms with Gasteiger partial charge in [-0.1, -0.05) is 0 Å². The lowest BCUT2D eigenvalue weighted by molar-refractivity contribution is -0.137. The van der Waals surface area contributed by atoms with Crippen molar-refractivity contribution >= 4 is 15.8 Å². The molecule has 9 heteroatoms. The number of anilines is 1. The van der Waals surface area contributed by atoms with Gasteiger partial charge in [-0.25, -0.2) is 17.7 Å². The number of nitrogens with zero attached hydrogens (tertiary/aromatic N) is 3. The van der Waals surface area contributed by atoms with Crippen LogP contribution in [0.3, 0.4) is 0 Å². The van der Waals surface area contributed by atoms with E-state index < -0.39 is 21.8 Å². The molecule has 1 aromatic heterocycles. The topological polar surface area (TPSA) is 53.5 Å². The second kappa shape index (κ2) is 6.75. The van der Waals surface area contributed by atoms with Crippen LogP contribution in [0.2, 0.25) is 0 Å². The third kappa shape index (κ3) is 4.08. The summed E-state index contributed by atoms with van der Waals surface area (Å²) in [5, 5.41) is -0.236. The van der Waals surface area contributed by atoms with Gasteiger partial charge in [-0.05, 0) is 43.7 Å². The summed E-state index contributed by atoms with van der Waals surface area (Å²) in [4.78, 5) is 5.57. The Labute approximate surface area is 145 Å². The summed E-state index contributed by atoms with van der Waals surface area (Å²) >= 11 is 0. The quantitative estimate of drug-likeness (QED) is 0.792. The molecule has 0 spiro atoms. The van der Waals surface area contributed by atoms with Crippen molar-refractivity contribution in [1.82, 2.24) is 9.29 Å². The molecular weight excluding hydrogens is 355 g/mol. The second-order valence-corrected chi connectivity index (χ2v) is 9.15. The molecule has 5 nitrogen and oxygen atoms in total. The van der Waals surface area contributed by atoms with Crippen molar-refractivity contribution in [3.63, 3.8) is 0 Å². The number of piperidine rings is 1. The van der Waals surface area contributed by atoms with Crippen LogP contribution in [0.25, 0.3) is 0 Å². The average Bonchev–Trinajstić information content (AvgIpc) is 3.40. The van der Waals surface area contributed by atoms with Crippen LogP contribution in [0.5, 0.6) is 0 Å². The molecule has 25 heavy (non-hydrogen) atoms. The fourth-order valence-electron chi connectivity index (χ4n) is 3.29. The average molecular weight is 377 g/mol. The van der Waals surface area contributed by atoms with Gasteiger partial charge >= 0.3 is 6.18 Å². The lowest BCUT2D eigenvalue weighted by Gasteiger charge is -2.35. The Balaban J connectivity index is 1.61. The van der Waals surface area contributed by atoms with E-state index in [0.29, 0.717) is 32.5 Å². The van der Waals surface area contributed by atoms with Crippen molar-refractivity contribution in [3.05, 3.63) is 23.9 Å². The molecule has 2 fully saturated rings. The van der Waals surface area contributed by atoms with Gasteiger partial charge in [0.25, 0.3) is 0 Å². The zero-order valence-electron chi connectivity index (χ0n) is 14.0. The number of rotatable bonds is 5. The van der Waals surface area contributed by atoms with Gasteiger partial charge in [-0.3, -0.25) is 0 Å². The van der Waals surface area contributed by atoms with E-state index in [1.54, 1.807) is 11.9 Å². The minimum absolute atomic E-state index is 0.0348. The van der Waals surface area contributed by atoms with Crippen molar-refractivity contribution in [1.29, 1.82) is 0 Å². The van der Waals surface area contributed by atoms with Crippen LogP contribution in [0, 0.1) is 5.92 Å². The number of hydrogen-bond acceptors (Lipinski definition) is 4. The molecule has 1 saturated heterocycles. The maximum Gasteiger partial charge on any atom is 0.419 e. The minimum Gasteiger partial charge on any atom is -0.356 e. The maximum absolute atomic E-state index is 13.1. The molecule has 0 atom stereocenters. The molecular formula is C16H22F3N3O2S. The summed E-state index contributed by atoms with van der Waals surface area (Å²) in [6, 6.07) is 2.33. The van der Waals surface area contributed by atoms with Crippen molar-refractivity contribution in [2.24, 2.45) is 5.92 Å². The van der Waals surface area contributed by atoms with E-state index in [4.69, 9.17) is 0 Å². The molecule has 0 N–H and O–H groups in total. The molecule has 1 aliphatic heterocycles. The molecule has 0 radical (unpaired) electrons. The van der Waals surface area contributed by atoms with Gasteiger partial charge in [0.1, 0.15) is 5.82 Å². The molecule has 140 valence electrons. The summed E-state index contributed by atoms with van der Waals surface area (Å²) in [5.41, 5.74) is -0.720. The fourth-order valence-corrected chi connectivity index (χ4v) is 4.94. The molecule has 0 aromatic carbocycles. The van der Waals surface area contributed by atoms with E-state index in [-0.39, 0.29) is 17.0 Å². The second-order valence-electron chi connectivity index (χ2n) is 6.83. The Bertz CT molecular complexity index is 712. The van der Waals surface area contributed by atoms with E-state index >= 15 is 0 Å². The summed E-state index contributed by atoms with van der Waals surface area (Å²) in [5.74, 6) is 0.125. The number of halogens is 3. The predicted octanol–water partition coefficient (Wildman–Crippen LogP) is 2.74. The molecule has 3 rings (SSSR count). The Hall–Kier alpha value is -1.35. The molecule has 2 aliphatic rings. The van der Waals surface area contributed by atoms with Crippen LogP contribution >= 0.6 is 0 Å². The van der Waals surface area contributed by atoms with Crippen LogP contribution < -0.4 is 4.90 Å². The highest BCUT2D eigenvalue weighted by Gasteiger charge is 2.40. The van der Waals surface area contributed by atoms with Gasteiger partial charge in [-0.15, -0.1) is 0 Å². The normalized spacial score (nSPS) is 20.3. The summed E-state index contributed by atoms with van der Waals surface area (Å²) in [7, 11) is -1.60. The Morgan fingerprint density at radius 1 is 1.24 bits per heavy atom. The predicted molar refractivity (Wildman–Crippen MR) is 88.7 cm³/mol. The summed E-state index contributed by atoms with van der Waals surface area (Å²) in [6.07, 6.45) is -0.307. The maximum atomic E-state index is 13.1. The lowest BCUT2D eigenvalue weighted by Crippen LogP contribution is -2.41. The summed E-state index contributed by atoms with van der Waals surface area (Å²) in [6.45, 7) is 1.32. The number of hydrogen-bond donors (Lipinski definition) is 0. The molecule has 1 saturated carbocycles. The highest BCUT2D eigenvalue weighted by Crippen LogP contribution is 2.37. The van der Waals surface area contributed by atoms with Gasteiger partial charge in [0.15, 0.2) is 0 Å². The van der Waals surface area contributed by atoms with Gasteiger partial charge < -0.3 is 4.90 Å². The van der Waals surface area contributed by atoms with E-state index in [1.165, 1.54) is 16.6 Å². The van der Waals surface area contributed by atoms with E-state index in [9.17, 15) is 21.6 Å². The Morgan fingerprint density at radius 2 is 1.88 bits per heavy atom. The lowest BCUT2D eigenvalue weighted by atomic mass is 9.96. The Kier molecular flexibility index (Phi) is 4.98. The summed E-state index contributed by atoms with van der Waals surface area (Å²) < 4.78 is 65.2. The molecule has 2 heterocycles. The fraction of sp³-hybridized carbons (Fsp3) is 0.688. The first-order valence-electron chi connectivity index (χ1n) is 8.42. The van der Waals surface area contributed by atoms with Gasteiger partial charge in [0.05, 0.1) is 10.8 Å². The van der Waals surface area contributed by atoms with Gasteiger partial charge in [-0.2, -0.15) is 13.2 Å². The third-order valence-corrected chi connectivity index (χ3v) is 7.23. The van der Waals surface area contributed by atoms with Crippen LogP contribution in [-0.2, 0) is 16.2 Å². The standard InChI is InChI=1S/C16H22F3N3O2S/c1-21(25(23,24)13-4-5-13)11-12-6-9-22(10-7-12)15-14(16(17,18)19)3-2-8-20-15/h2-3,8,12-13H,4-7,9-11H2,1H3. The van der Waals surface area contributed by atoms with Crippen LogP contribution in [0.1, 0.15) is 31.2 Å². The monoisotopic (exact) mass is 377 g/mol. The molecule has 0 bridgehead atoms. The molecule has 1 aromatic rings. The minimum atomic E-state index is -4.43. The zero-order valence-corrected chi connectivity index (χ0v) is 14.9. The van der Waals surface area contributed by atoms with E-state index in [1.807, 2.05) is 0 Å². The first kappa shape index (κ1) is 18.4. The van der Waals surface area contributed by atoms with E-state index in [0.717, 1.165) is 18.9 Å². The molecule has 0 amide bonds. The van der Waals surface area contributed by atoms with Crippen molar-refractivity contribution in [2.75, 3.05) is 31.6 Å². The number of alkyl halides is 3. The van der Waals surface area contributed by atoms with Crippen molar-refractivity contribution < 1.29 is 21.6 Å². The van der Waals surface area contributed by atoms with Gasteiger partial charge in [0, 0.05) is 32.9 Å². The molecule has 0 unspecified atom stereocenters.